The first-order valence-electron chi connectivity index (χ1n) is 10.5. The minimum Gasteiger partial charge on any atom is -0.492 e. The third-order valence-electron chi connectivity index (χ3n) is 6.92. The van der Waals surface area contributed by atoms with Gasteiger partial charge < -0.3 is 30.4 Å². The van der Waals surface area contributed by atoms with E-state index in [0.29, 0.717) is 18.6 Å². The van der Waals surface area contributed by atoms with Gasteiger partial charge in [0, 0.05) is 30.9 Å². The predicted octanol–water partition coefficient (Wildman–Crippen LogP) is 2.59. The molecule has 1 aromatic heterocycles. The van der Waals surface area contributed by atoms with Gasteiger partial charge in [0.25, 0.3) is 0 Å². The molecule has 2 heterocycles. The summed E-state index contributed by atoms with van der Waals surface area (Å²) in [6.07, 6.45) is 3.89. The number of aromatic nitrogens is 1. The average Bonchev–Trinajstić information content (AvgIpc) is 3.45. The van der Waals surface area contributed by atoms with Crippen LogP contribution in [0.2, 0.25) is 0 Å². The van der Waals surface area contributed by atoms with Crippen molar-refractivity contribution in [3.05, 3.63) is 27.8 Å². The average molecular weight is 432 g/mol. The van der Waals surface area contributed by atoms with Crippen LogP contribution in [0, 0.1) is 11.7 Å². The van der Waals surface area contributed by atoms with Crippen molar-refractivity contribution in [3.8, 4) is 5.75 Å². The third-order valence-corrected chi connectivity index (χ3v) is 6.92. The van der Waals surface area contributed by atoms with E-state index in [4.69, 9.17) is 10.5 Å². The molecule has 1 saturated heterocycles. The van der Waals surface area contributed by atoms with Gasteiger partial charge in [-0.1, -0.05) is 0 Å². The summed E-state index contributed by atoms with van der Waals surface area (Å²) in [5.41, 5.74) is 5.07. The number of hydrogen-bond donors (Lipinski definition) is 3. The van der Waals surface area contributed by atoms with Crippen LogP contribution in [0.1, 0.15) is 49.5 Å². The Morgan fingerprint density at radius 3 is 2.58 bits per heavy atom. The number of hydrogen-bond acceptors (Lipinski definition) is 6. The second-order valence-corrected chi connectivity index (χ2v) is 9.05. The molecule has 1 unspecified atom stereocenters. The fraction of sp³-hybridized carbons (Fsp3) is 0.545. The topological polar surface area (TPSA) is 110 Å². The fourth-order valence-electron chi connectivity index (χ4n) is 4.59. The van der Waals surface area contributed by atoms with Gasteiger partial charge in [0.1, 0.15) is 11.3 Å². The number of aromatic carboxylic acids is 1. The molecule has 1 aromatic carbocycles. The summed E-state index contributed by atoms with van der Waals surface area (Å²) < 4.78 is 23.0. The van der Waals surface area contributed by atoms with Crippen molar-refractivity contribution in [2.75, 3.05) is 37.9 Å². The molecule has 1 saturated carbocycles. The lowest BCUT2D eigenvalue weighted by Gasteiger charge is -2.32. The molecular weight excluding hydrogens is 403 g/mol. The van der Waals surface area contributed by atoms with Crippen molar-refractivity contribution < 1.29 is 19.0 Å². The minimum absolute atomic E-state index is 0.0300. The number of carboxylic acids is 1. The van der Waals surface area contributed by atoms with Crippen molar-refractivity contribution >= 4 is 28.2 Å². The van der Waals surface area contributed by atoms with Gasteiger partial charge in [0.15, 0.2) is 11.6 Å². The zero-order valence-corrected chi connectivity index (χ0v) is 18.3. The lowest BCUT2D eigenvalue weighted by atomic mass is 9.87. The fourth-order valence-corrected chi connectivity index (χ4v) is 4.59. The monoisotopic (exact) mass is 432 g/mol. The molecule has 0 spiro atoms. The molecule has 31 heavy (non-hydrogen) atoms. The van der Waals surface area contributed by atoms with Crippen LogP contribution in [0.4, 0.5) is 15.8 Å². The summed E-state index contributed by atoms with van der Waals surface area (Å²) in [5, 5.41) is 12.7. The number of anilines is 2. The zero-order valence-electron chi connectivity index (χ0n) is 18.3. The number of pyridine rings is 1. The molecular formula is C22H29FN4O4. The van der Waals surface area contributed by atoms with E-state index in [2.05, 4.69) is 19.2 Å². The number of carbonyl (C=O) groups is 1. The molecule has 1 aliphatic carbocycles. The van der Waals surface area contributed by atoms with Crippen molar-refractivity contribution in [3.63, 3.8) is 0 Å². The Bertz CT molecular complexity index is 1120. The quantitative estimate of drug-likeness (QED) is 0.602. The summed E-state index contributed by atoms with van der Waals surface area (Å²) in [6.45, 7) is 5.45. The summed E-state index contributed by atoms with van der Waals surface area (Å²) >= 11 is 0. The van der Waals surface area contributed by atoms with E-state index < -0.39 is 22.8 Å². The van der Waals surface area contributed by atoms with Crippen LogP contribution in [0.5, 0.6) is 5.75 Å². The Morgan fingerprint density at radius 2 is 2.03 bits per heavy atom. The number of methoxy groups -OCH3 is 1. The highest BCUT2D eigenvalue weighted by Gasteiger charge is 2.38. The first kappa shape index (κ1) is 21.4. The van der Waals surface area contributed by atoms with Gasteiger partial charge in [0.2, 0.25) is 5.43 Å². The molecule has 168 valence electrons. The molecule has 1 atom stereocenters. The van der Waals surface area contributed by atoms with Gasteiger partial charge in [-0.05, 0) is 46.1 Å². The molecule has 9 heteroatoms. The number of nitrogens with one attached hydrogen (secondary N) is 1. The largest absolute Gasteiger partial charge is 0.492 e. The van der Waals surface area contributed by atoms with E-state index in [9.17, 15) is 14.7 Å². The van der Waals surface area contributed by atoms with E-state index in [1.165, 1.54) is 13.3 Å². The number of benzene rings is 1. The van der Waals surface area contributed by atoms with E-state index in [1.807, 2.05) is 11.9 Å². The lowest BCUT2D eigenvalue weighted by molar-refractivity contribution is 0.0695. The standard InChI is InChI=1S/C22H29FN4O4/c1-22(2,25-3)11-7-8-26(9-11)18-15(23)16(24)14-17(20(18)31-4)27(12-5-6-12)10-13(19(14)28)21(29)30/h10-12,25H,5-9,24H2,1-4H3,(H,29,30). The summed E-state index contributed by atoms with van der Waals surface area (Å²) in [4.78, 5) is 26.5. The summed E-state index contributed by atoms with van der Waals surface area (Å²) in [7, 11) is 3.35. The Balaban J connectivity index is 1.98. The van der Waals surface area contributed by atoms with Crippen LogP contribution >= 0.6 is 0 Å². The molecule has 2 fully saturated rings. The van der Waals surface area contributed by atoms with Gasteiger partial charge in [-0.3, -0.25) is 4.79 Å². The smallest absolute Gasteiger partial charge is 0.341 e. The number of nitrogen functional groups attached to an aromatic ring is 1. The minimum atomic E-state index is -1.36. The lowest BCUT2D eigenvalue weighted by Crippen LogP contribution is -2.45. The highest BCUT2D eigenvalue weighted by atomic mass is 19.1. The molecule has 1 aliphatic heterocycles. The van der Waals surface area contributed by atoms with E-state index in [0.717, 1.165) is 19.3 Å². The van der Waals surface area contributed by atoms with Gasteiger partial charge in [-0.25, -0.2) is 9.18 Å². The highest BCUT2D eigenvalue weighted by Crippen LogP contribution is 2.47. The van der Waals surface area contributed by atoms with Gasteiger partial charge in [0.05, 0.1) is 23.7 Å². The van der Waals surface area contributed by atoms with Crippen molar-refractivity contribution in [1.82, 2.24) is 9.88 Å². The Labute approximate surface area is 179 Å². The zero-order chi connectivity index (χ0) is 22.7. The highest BCUT2D eigenvalue weighted by molar-refractivity contribution is 6.03. The maximum atomic E-state index is 15.6. The summed E-state index contributed by atoms with van der Waals surface area (Å²) in [5.74, 6) is -1.60. The molecule has 2 aliphatic rings. The number of halogens is 1. The maximum Gasteiger partial charge on any atom is 0.341 e. The Hall–Kier alpha value is -2.81. The normalized spacial score (nSPS) is 19.3. The van der Waals surface area contributed by atoms with Crippen molar-refractivity contribution in [2.45, 2.75) is 44.7 Å². The first-order valence-corrected chi connectivity index (χ1v) is 10.5. The van der Waals surface area contributed by atoms with Crippen LogP contribution in [0.3, 0.4) is 0 Å². The molecule has 4 N–H and O–H groups in total. The molecule has 0 bridgehead atoms. The number of carboxylic acid groups (broad SMARTS) is 1. The second-order valence-electron chi connectivity index (χ2n) is 9.05. The number of nitrogens with two attached hydrogens (primary N) is 1. The second kappa shape index (κ2) is 7.40. The molecule has 4 rings (SSSR count). The van der Waals surface area contributed by atoms with Gasteiger partial charge in [-0.15, -0.1) is 0 Å². The maximum absolute atomic E-state index is 15.6. The van der Waals surface area contributed by atoms with Crippen LogP contribution in [0.25, 0.3) is 10.9 Å². The Morgan fingerprint density at radius 1 is 1.35 bits per heavy atom. The third kappa shape index (κ3) is 3.31. The summed E-state index contributed by atoms with van der Waals surface area (Å²) in [6, 6.07) is 0.0300. The predicted molar refractivity (Wildman–Crippen MR) is 118 cm³/mol. The van der Waals surface area contributed by atoms with Crippen LogP contribution in [-0.2, 0) is 0 Å². The molecule has 0 radical (unpaired) electrons. The number of rotatable bonds is 6. The van der Waals surface area contributed by atoms with Crippen LogP contribution < -0.4 is 26.1 Å². The molecule has 0 amide bonds. The first-order chi connectivity index (χ1) is 14.6. The SMILES string of the molecule is CNC(C)(C)C1CCN(c2c(F)c(N)c3c(=O)c(C(=O)O)cn(C4CC4)c3c2OC)C1. The van der Waals surface area contributed by atoms with E-state index in [-0.39, 0.29) is 40.0 Å². The van der Waals surface area contributed by atoms with Crippen molar-refractivity contribution in [2.24, 2.45) is 5.92 Å². The number of fused-ring (bicyclic) bond motifs is 1. The number of ether oxygens (including phenoxy) is 1. The van der Waals surface area contributed by atoms with E-state index >= 15 is 4.39 Å². The van der Waals surface area contributed by atoms with Gasteiger partial charge >= 0.3 is 5.97 Å². The van der Waals surface area contributed by atoms with Gasteiger partial charge in [-0.2, -0.15) is 0 Å². The molecule has 2 aromatic rings. The van der Waals surface area contributed by atoms with Crippen LogP contribution in [0.15, 0.2) is 11.0 Å². The number of nitrogens with zero attached hydrogens (tertiary/aromatic N) is 2. The van der Waals surface area contributed by atoms with E-state index in [1.54, 1.807) is 4.57 Å². The van der Waals surface area contributed by atoms with Crippen molar-refractivity contribution in [1.29, 1.82) is 0 Å². The van der Waals surface area contributed by atoms with Crippen LogP contribution in [-0.4, -0.2) is 48.4 Å². The Kier molecular flexibility index (Phi) is 5.12. The molecule has 8 nitrogen and oxygen atoms in total.